The van der Waals surface area contributed by atoms with Crippen LogP contribution in [0.1, 0.15) is 15.9 Å². The third kappa shape index (κ3) is 5.35. The molecule has 9 heteroatoms. The number of nitrogens with zero attached hydrogens (tertiary/aromatic N) is 2. The summed E-state index contributed by atoms with van der Waals surface area (Å²) in [5, 5.41) is 16.0. The first-order chi connectivity index (χ1) is 11.4. The topological polar surface area (TPSA) is 135 Å². The Kier molecular flexibility index (Phi) is 5.47. The Labute approximate surface area is 138 Å². The first-order valence-electron chi connectivity index (χ1n) is 6.80. The monoisotopic (exact) mass is 346 g/mol. The number of aromatic nitrogens is 1. The maximum Gasteiger partial charge on any atom is 0.251 e. The fourth-order valence-electron chi connectivity index (χ4n) is 1.71. The van der Waals surface area contributed by atoms with Gasteiger partial charge in [-0.3, -0.25) is 4.79 Å². The van der Waals surface area contributed by atoms with Crippen molar-refractivity contribution in [2.45, 2.75) is 0 Å². The van der Waals surface area contributed by atoms with Gasteiger partial charge in [-0.2, -0.15) is 5.26 Å². The molecule has 0 atom stereocenters. The Morgan fingerprint density at radius 1 is 1.25 bits per heavy atom. The Bertz CT molecular complexity index is 856. The summed E-state index contributed by atoms with van der Waals surface area (Å²) in [6.07, 6.45) is 1.39. The highest BCUT2D eigenvalue weighted by molar-refractivity contribution is 7.89. The molecule has 1 amide bonds. The first kappa shape index (κ1) is 17.4. The normalized spacial score (nSPS) is 10.7. The molecule has 0 aliphatic carbocycles. The summed E-state index contributed by atoms with van der Waals surface area (Å²) in [6, 6.07) is 11.3. The van der Waals surface area contributed by atoms with Crippen molar-refractivity contribution in [3.05, 3.63) is 53.7 Å². The van der Waals surface area contributed by atoms with Gasteiger partial charge in [-0.15, -0.1) is 0 Å². The molecule has 0 saturated carbocycles. The molecule has 3 N–H and O–H groups in total. The van der Waals surface area contributed by atoms with Gasteiger partial charge in [0.15, 0.2) is 0 Å². The van der Waals surface area contributed by atoms with E-state index < -0.39 is 15.9 Å². The van der Waals surface area contributed by atoms with E-state index in [-0.39, 0.29) is 12.3 Å². The molecule has 0 aliphatic heterocycles. The minimum atomic E-state index is -3.61. The first-order valence-corrected chi connectivity index (χ1v) is 8.52. The number of nitriles is 1. The van der Waals surface area contributed by atoms with Gasteiger partial charge in [0.25, 0.3) is 5.91 Å². The van der Waals surface area contributed by atoms with Gasteiger partial charge in [0.1, 0.15) is 11.8 Å². The largest absolute Gasteiger partial charge is 0.439 e. The highest BCUT2D eigenvalue weighted by atomic mass is 32.2. The summed E-state index contributed by atoms with van der Waals surface area (Å²) in [6.45, 7) is -0.0644. The summed E-state index contributed by atoms with van der Waals surface area (Å²) in [5.74, 6) is 0.0407. The van der Waals surface area contributed by atoms with Crippen LogP contribution in [0.15, 0.2) is 42.6 Å². The molecule has 0 aliphatic rings. The van der Waals surface area contributed by atoms with Gasteiger partial charge in [-0.05, 0) is 30.3 Å². The van der Waals surface area contributed by atoms with Gasteiger partial charge >= 0.3 is 0 Å². The fourth-order valence-corrected chi connectivity index (χ4v) is 2.10. The molecule has 0 spiro atoms. The van der Waals surface area contributed by atoms with Crippen molar-refractivity contribution >= 4 is 15.9 Å². The van der Waals surface area contributed by atoms with Crippen molar-refractivity contribution < 1.29 is 17.9 Å². The highest BCUT2D eigenvalue weighted by Crippen LogP contribution is 2.19. The molecule has 24 heavy (non-hydrogen) atoms. The molecule has 0 radical (unpaired) electrons. The van der Waals surface area contributed by atoms with Crippen molar-refractivity contribution in [3.63, 3.8) is 0 Å². The number of pyridine rings is 1. The molecule has 0 unspecified atom stereocenters. The Balaban J connectivity index is 1.94. The zero-order valence-electron chi connectivity index (χ0n) is 12.5. The maximum atomic E-state index is 11.8. The molecule has 2 rings (SSSR count). The Hall–Kier alpha value is -2.96. The van der Waals surface area contributed by atoms with Crippen LogP contribution in [-0.4, -0.2) is 31.6 Å². The van der Waals surface area contributed by atoms with Gasteiger partial charge in [-0.25, -0.2) is 18.5 Å². The summed E-state index contributed by atoms with van der Waals surface area (Å²) >= 11 is 0. The van der Waals surface area contributed by atoms with Crippen molar-refractivity contribution in [1.29, 1.82) is 5.26 Å². The zero-order valence-corrected chi connectivity index (χ0v) is 13.3. The minimum Gasteiger partial charge on any atom is -0.439 e. The van der Waals surface area contributed by atoms with E-state index in [4.69, 9.17) is 15.1 Å². The van der Waals surface area contributed by atoms with E-state index in [0.717, 1.165) is 0 Å². The van der Waals surface area contributed by atoms with E-state index in [1.165, 1.54) is 18.3 Å². The maximum absolute atomic E-state index is 11.8. The van der Waals surface area contributed by atoms with Gasteiger partial charge in [0, 0.05) is 24.4 Å². The molecular weight excluding hydrogens is 332 g/mol. The number of sulfonamides is 1. The lowest BCUT2D eigenvalue weighted by Crippen LogP contribution is -2.31. The van der Waals surface area contributed by atoms with Crippen molar-refractivity contribution in [2.75, 3.05) is 12.3 Å². The molecule has 0 fully saturated rings. The average molecular weight is 346 g/mol. The van der Waals surface area contributed by atoms with Crippen molar-refractivity contribution in [3.8, 4) is 17.7 Å². The second-order valence-electron chi connectivity index (χ2n) is 4.75. The standard InChI is InChI=1S/C15H14N4O4S/c16-9-11-1-6-14(19-10-11)23-13-4-2-12(3-5-13)15(20)18-7-8-24(17,21)22/h1-6,10H,7-8H2,(H,18,20)(H2,17,21,22). The van der Waals surface area contributed by atoms with E-state index >= 15 is 0 Å². The van der Waals surface area contributed by atoms with Crippen LogP contribution in [0.4, 0.5) is 0 Å². The molecule has 0 saturated heterocycles. The SMILES string of the molecule is N#Cc1ccc(Oc2ccc(C(=O)NCCS(N)(=O)=O)cc2)nc1. The fraction of sp³-hybridized carbons (Fsp3) is 0.133. The van der Waals surface area contributed by atoms with E-state index in [0.29, 0.717) is 22.8 Å². The van der Waals surface area contributed by atoms with E-state index in [9.17, 15) is 13.2 Å². The third-order valence-corrected chi connectivity index (χ3v) is 3.65. The highest BCUT2D eigenvalue weighted by Gasteiger charge is 2.08. The van der Waals surface area contributed by atoms with Crippen LogP contribution in [0.3, 0.4) is 0 Å². The van der Waals surface area contributed by atoms with Crippen LogP contribution >= 0.6 is 0 Å². The predicted octanol–water partition coefficient (Wildman–Crippen LogP) is 0.764. The zero-order chi connectivity index (χ0) is 17.6. The lowest BCUT2D eigenvalue weighted by molar-refractivity contribution is 0.0956. The Morgan fingerprint density at radius 3 is 2.50 bits per heavy atom. The molecular formula is C15H14N4O4S. The minimum absolute atomic E-state index is 0.0644. The Morgan fingerprint density at radius 2 is 1.96 bits per heavy atom. The molecule has 8 nitrogen and oxygen atoms in total. The van der Waals surface area contributed by atoms with Gasteiger partial charge in [-0.1, -0.05) is 0 Å². The smallest absolute Gasteiger partial charge is 0.251 e. The summed E-state index contributed by atoms with van der Waals surface area (Å²) in [7, 11) is -3.61. The number of benzene rings is 1. The number of amides is 1. The van der Waals surface area contributed by atoms with Crippen LogP contribution in [0.2, 0.25) is 0 Å². The molecule has 124 valence electrons. The predicted molar refractivity (Wildman–Crippen MR) is 85.8 cm³/mol. The quantitative estimate of drug-likeness (QED) is 0.793. The molecule has 2 aromatic rings. The number of carbonyl (C=O) groups is 1. The van der Waals surface area contributed by atoms with Crippen LogP contribution < -0.4 is 15.2 Å². The summed E-state index contributed by atoms with van der Waals surface area (Å²) in [4.78, 5) is 15.8. The van der Waals surface area contributed by atoms with E-state index in [1.807, 2.05) is 6.07 Å². The number of carbonyl (C=O) groups excluding carboxylic acids is 1. The molecule has 1 heterocycles. The lowest BCUT2D eigenvalue weighted by Gasteiger charge is -2.07. The second-order valence-corrected chi connectivity index (χ2v) is 6.48. The van der Waals surface area contributed by atoms with Crippen molar-refractivity contribution in [2.24, 2.45) is 5.14 Å². The molecule has 0 bridgehead atoms. The number of hydrogen-bond acceptors (Lipinski definition) is 6. The summed E-state index contributed by atoms with van der Waals surface area (Å²) < 4.78 is 27.1. The van der Waals surface area contributed by atoms with Crippen LogP contribution in [0.5, 0.6) is 11.6 Å². The van der Waals surface area contributed by atoms with Gasteiger partial charge in [0.05, 0.1) is 11.3 Å². The lowest BCUT2D eigenvalue weighted by atomic mass is 10.2. The van der Waals surface area contributed by atoms with Crippen LogP contribution in [-0.2, 0) is 10.0 Å². The number of hydrogen-bond donors (Lipinski definition) is 2. The molecule has 1 aromatic carbocycles. The van der Waals surface area contributed by atoms with Gasteiger partial charge in [0.2, 0.25) is 15.9 Å². The van der Waals surface area contributed by atoms with Crippen LogP contribution in [0, 0.1) is 11.3 Å². The number of nitrogens with one attached hydrogen (secondary N) is 1. The van der Waals surface area contributed by atoms with E-state index in [2.05, 4.69) is 10.3 Å². The average Bonchev–Trinajstić information content (AvgIpc) is 2.55. The van der Waals surface area contributed by atoms with Gasteiger partial charge < -0.3 is 10.1 Å². The number of ether oxygens (including phenoxy) is 1. The van der Waals surface area contributed by atoms with E-state index in [1.54, 1.807) is 24.3 Å². The number of primary sulfonamides is 1. The van der Waals surface area contributed by atoms with Crippen molar-refractivity contribution in [1.82, 2.24) is 10.3 Å². The number of rotatable bonds is 6. The second kappa shape index (κ2) is 7.54. The number of nitrogens with two attached hydrogens (primary N) is 1. The third-order valence-electron chi connectivity index (χ3n) is 2.88. The summed E-state index contributed by atoms with van der Waals surface area (Å²) in [5.41, 5.74) is 0.776. The van der Waals surface area contributed by atoms with Crippen LogP contribution in [0.25, 0.3) is 0 Å². The molecule has 1 aromatic heterocycles.